The lowest BCUT2D eigenvalue weighted by molar-refractivity contribution is -0.384. The Kier molecular flexibility index (Phi) is 6.08. The summed E-state index contributed by atoms with van der Waals surface area (Å²) in [5, 5.41) is 16.5. The van der Waals surface area contributed by atoms with Gasteiger partial charge in [-0.05, 0) is 42.8 Å². The Balaban J connectivity index is 1.82. The third-order valence-electron chi connectivity index (χ3n) is 3.44. The predicted molar refractivity (Wildman–Crippen MR) is 94.9 cm³/mol. The Morgan fingerprint density at radius 3 is 2.44 bits per heavy atom. The topological polar surface area (TPSA) is 101 Å². The summed E-state index contributed by atoms with van der Waals surface area (Å²) < 4.78 is 0. The van der Waals surface area contributed by atoms with Crippen LogP contribution >= 0.6 is 11.6 Å². The van der Waals surface area contributed by atoms with E-state index in [1.54, 1.807) is 18.2 Å². The van der Waals surface area contributed by atoms with E-state index in [9.17, 15) is 19.7 Å². The van der Waals surface area contributed by atoms with Crippen LogP contribution in [0.4, 0.5) is 11.4 Å². The first kappa shape index (κ1) is 18.4. The summed E-state index contributed by atoms with van der Waals surface area (Å²) in [6.07, 6.45) is 0.0980. The molecule has 8 heteroatoms. The van der Waals surface area contributed by atoms with Crippen LogP contribution in [-0.4, -0.2) is 23.3 Å². The van der Waals surface area contributed by atoms with Gasteiger partial charge in [0.15, 0.2) is 0 Å². The predicted octanol–water partition coefficient (Wildman–Crippen LogP) is 3.32. The maximum Gasteiger partial charge on any atom is 0.269 e. The summed E-state index contributed by atoms with van der Waals surface area (Å²) in [7, 11) is 0. The first-order valence-corrected chi connectivity index (χ1v) is 7.83. The molecule has 25 heavy (non-hydrogen) atoms. The van der Waals surface area contributed by atoms with E-state index >= 15 is 0 Å². The van der Waals surface area contributed by atoms with Crippen LogP contribution in [0.3, 0.4) is 0 Å². The molecule has 0 heterocycles. The highest BCUT2D eigenvalue weighted by atomic mass is 35.5. The number of nitrogens with one attached hydrogen (secondary N) is 2. The second-order valence-electron chi connectivity index (χ2n) is 5.32. The maximum absolute atomic E-state index is 11.9. The summed E-state index contributed by atoms with van der Waals surface area (Å²) in [5.74, 6) is -0.639. The molecule has 0 unspecified atom stereocenters. The number of hydrogen-bond acceptors (Lipinski definition) is 4. The van der Waals surface area contributed by atoms with Crippen molar-refractivity contribution in [1.82, 2.24) is 5.32 Å². The number of non-ortho nitro benzene ring substituents is 1. The smallest absolute Gasteiger partial charge is 0.269 e. The van der Waals surface area contributed by atoms with Gasteiger partial charge in [0.25, 0.3) is 11.6 Å². The minimum absolute atomic E-state index is 0.0886. The number of hydrogen-bond donors (Lipinski definition) is 2. The average molecular weight is 362 g/mol. The Bertz CT molecular complexity index is 806. The van der Waals surface area contributed by atoms with Gasteiger partial charge in [0.2, 0.25) is 5.91 Å². The van der Waals surface area contributed by atoms with Crippen molar-refractivity contribution in [3.05, 3.63) is 68.7 Å². The van der Waals surface area contributed by atoms with Gasteiger partial charge >= 0.3 is 0 Å². The third kappa shape index (κ3) is 5.29. The van der Waals surface area contributed by atoms with Gasteiger partial charge in [-0.15, -0.1) is 0 Å². The summed E-state index contributed by atoms with van der Waals surface area (Å²) in [6.45, 7) is 1.98. The molecular formula is C17H16ClN3O4. The van der Waals surface area contributed by atoms with Crippen LogP contribution in [0.25, 0.3) is 0 Å². The average Bonchev–Trinajstić information content (AvgIpc) is 2.57. The van der Waals surface area contributed by atoms with E-state index in [4.69, 9.17) is 11.6 Å². The second-order valence-corrected chi connectivity index (χ2v) is 5.75. The van der Waals surface area contributed by atoms with Gasteiger partial charge in [0, 0.05) is 41.4 Å². The summed E-state index contributed by atoms with van der Waals surface area (Å²) >= 11 is 5.86. The van der Waals surface area contributed by atoms with Crippen molar-refractivity contribution in [2.24, 2.45) is 0 Å². The van der Waals surface area contributed by atoms with E-state index in [2.05, 4.69) is 10.6 Å². The van der Waals surface area contributed by atoms with Gasteiger partial charge < -0.3 is 10.6 Å². The molecule has 0 aliphatic rings. The van der Waals surface area contributed by atoms with Crippen LogP contribution in [0.5, 0.6) is 0 Å². The van der Waals surface area contributed by atoms with Gasteiger partial charge in [-0.3, -0.25) is 19.7 Å². The fourth-order valence-corrected chi connectivity index (χ4v) is 2.33. The van der Waals surface area contributed by atoms with Crippen molar-refractivity contribution < 1.29 is 14.5 Å². The zero-order valence-electron chi connectivity index (χ0n) is 13.4. The van der Waals surface area contributed by atoms with Crippen LogP contribution < -0.4 is 10.6 Å². The summed E-state index contributed by atoms with van der Waals surface area (Å²) in [6, 6.07) is 10.4. The SMILES string of the molecule is Cc1cc(Cl)ccc1NC(=O)CCNC(=O)c1ccc([N+](=O)[O-])cc1. The van der Waals surface area contributed by atoms with E-state index in [1.165, 1.54) is 24.3 Å². The number of amides is 2. The molecule has 0 aliphatic carbocycles. The minimum atomic E-state index is -0.537. The number of nitro benzene ring substituents is 1. The molecule has 0 saturated heterocycles. The Labute approximate surface area is 149 Å². The molecule has 2 aromatic rings. The molecule has 2 aromatic carbocycles. The fraction of sp³-hybridized carbons (Fsp3) is 0.176. The van der Waals surface area contributed by atoms with E-state index in [0.717, 1.165) is 5.56 Å². The molecule has 0 atom stereocenters. The molecule has 0 spiro atoms. The van der Waals surface area contributed by atoms with Crippen LogP contribution in [0, 0.1) is 17.0 Å². The van der Waals surface area contributed by atoms with Gasteiger partial charge in [-0.25, -0.2) is 0 Å². The van der Waals surface area contributed by atoms with Crippen molar-refractivity contribution in [2.45, 2.75) is 13.3 Å². The number of nitro groups is 1. The minimum Gasteiger partial charge on any atom is -0.352 e. The van der Waals surface area contributed by atoms with E-state index in [0.29, 0.717) is 16.3 Å². The van der Waals surface area contributed by atoms with Crippen molar-refractivity contribution in [2.75, 3.05) is 11.9 Å². The quantitative estimate of drug-likeness (QED) is 0.608. The van der Waals surface area contributed by atoms with Crippen molar-refractivity contribution in [3.8, 4) is 0 Å². The Morgan fingerprint density at radius 2 is 1.84 bits per heavy atom. The zero-order chi connectivity index (χ0) is 18.4. The van der Waals surface area contributed by atoms with Gasteiger partial charge in [-0.2, -0.15) is 0 Å². The number of rotatable bonds is 6. The van der Waals surface area contributed by atoms with Crippen LogP contribution in [0.2, 0.25) is 5.02 Å². The molecule has 130 valence electrons. The molecule has 2 amide bonds. The summed E-state index contributed by atoms with van der Waals surface area (Å²) in [5.41, 5.74) is 1.71. The van der Waals surface area contributed by atoms with Crippen LogP contribution in [0.15, 0.2) is 42.5 Å². The normalized spacial score (nSPS) is 10.2. The zero-order valence-corrected chi connectivity index (χ0v) is 14.2. The van der Waals surface area contributed by atoms with E-state index in [-0.39, 0.29) is 24.6 Å². The monoisotopic (exact) mass is 361 g/mol. The highest BCUT2D eigenvalue weighted by molar-refractivity contribution is 6.30. The molecule has 0 aliphatic heterocycles. The molecule has 2 N–H and O–H groups in total. The standard InChI is InChI=1S/C17H16ClN3O4/c1-11-10-13(18)4-7-15(11)20-16(22)8-9-19-17(23)12-2-5-14(6-3-12)21(24)25/h2-7,10H,8-9H2,1H3,(H,19,23)(H,20,22). The first-order chi connectivity index (χ1) is 11.9. The first-order valence-electron chi connectivity index (χ1n) is 7.45. The lowest BCUT2D eigenvalue weighted by Crippen LogP contribution is -2.27. The number of halogens is 1. The molecular weight excluding hydrogens is 346 g/mol. The molecule has 0 fully saturated rings. The largest absolute Gasteiger partial charge is 0.352 e. The number of anilines is 1. The Hall–Kier alpha value is -2.93. The maximum atomic E-state index is 11.9. The highest BCUT2D eigenvalue weighted by Gasteiger charge is 2.10. The highest BCUT2D eigenvalue weighted by Crippen LogP contribution is 2.19. The molecule has 0 aromatic heterocycles. The fourth-order valence-electron chi connectivity index (χ4n) is 2.11. The molecule has 2 rings (SSSR count). The van der Waals surface area contributed by atoms with Gasteiger partial charge in [-0.1, -0.05) is 11.6 Å². The van der Waals surface area contributed by atoms with E-state index in [1.807, 2.05) is 6.92 Å². The van der Waals surface area contributed by atoms with Crippen molar-refractivity contribution in [1.29, 1.82) is 0 Å². The van der Waals surface area contributed by atoms with Crippen LogP contribution in [0.1, 0.15) is 22.3 Å². The third-order valence-corrected chi connectivity index (χ3v) is 3.68. The molecule has 0 radical (unpaired) electrons. The molecule has 7 nitrogen and oxygen atoms in total. The van der Waals surface area contributed by atoms with E-state index < -0.39 is 10.8 Å². The van der Waals surface area contributed by atoms with Crippen molar-refractivity contribution in [3.63, 3.8) is 0 Å². The number of nitrogens with zero attached hydrogens (tertiary/aromatic N) is 1. The molecule has 0 saturated carbocycles. The lowest BCUT2D eigenvalue weighted by Gasteiger charge is -2.09. The number of aryl methyl sites for hydroxylation is 1. The number of benzene rings is 2. The van der Waals surface area contributed by atoms with Crippen molar-refractivity contribution >= 4 is 34.8 Å². The molecule has 0 bridgehead atoms. The lowest BCUT2D eigenvalue weighted by atomic mass is 10.2. The summed E-state index contributed by atoms with van der Waals surface area (Å²) in [4.78, 5) is 33.9. The van der Waals surface area contributed by atoms with Crippen LogP contribution in [-0.2, 0) is 4.79 Å². The second kappa shape index (κ2) is 8.25. The van der Waals surface area contributed by atoms with Gasteiger partial charge in [0.05, 0.1) is 4.92 Å². The number of carbonyl (C=O) groups excluding carboxylic acids is 2. The number of carbonyl (C=O) groups is 2. The van der Waals surface area contributed by atoms with Gasteiger partial charge in [0.1, 0.15) is 0 Å². The Morgan fingerprint density at radius 1 is 1.16 bits per heavy atom.